The number of aliphatic hydroxyl groups is 1. The smallest absolute Gasteiger partial charge is 0.254 e. The van der Waals surface area contributed by atoms with Gasteiger partial charge in [-0.25, -0.2) is 4.39 Å². The second kappa shape index (κ2) is 6.15. The van der Waals surface area contributed by atoms with E-state index in [2.05, 4.69) is 5.32 Å². The zero-order chi connectivity index (χ0) is 13.7. The van der Waals surface area contributed by atoms with E-state index in [1.54, 1.807) is 12.1 Å². The van der Waals surface area contributed by atoms with E-state index < -0.39 is 17.8 Å². The number of nitrogens with one attached hydrogen (secondary N) is 1. The van der Waals surface area contributed by atoms with Gasteiger partial charge in [0.05, 0.1) is 24.2 Å². The molecule has 1 atom stereocenters. The van der Waals surface area contributed by atoms with Crippen LogP contribution in [0, 0.1) is 5.82 Å². The number of carbonyl (C=O) groups is 1. The fourth-order valence-electron chi connectivity index (χ4n) is 1.69. The van der Waals surface area contributed by atoms with Crippen molar-refractivity contribution in [3.63, 3.8) is 0 Å². The van der Waals surface area contributed by atoms with Crippen molar-refractivity contribution in [2.24, 2.45) is 0 Å². The molecule has 1 unspecified atom stereocenters. The third-order valence-corrected chi connectivity index (χ3v) is 2.75. The van der Waals surface area contributed by atoms with Crippen molar-refractivity contribution < 1.29 is 18.7 Å². The number of hydrogen-bond donors (Lipinski definition) is 2. The van der Waals surface area contributed by atoms with Crippen molar-refractivity contribution in [1.29, 1.82) is 0 Å². The number of hydrogen-bond acceptors (Lipinski definition) is 3. The molecule has 0 bridgehead atoms. The van der Waals surface area contributed by atoms with E-state index in [-0.39, 0.29) is 12.1 Å². The van der Waals surface area contributed by atoms with Gasteiger partial charge < -0.3 is 14.8 Å². The monoisotopic (exact) mass is 263 g/mol. The van der Waals surface area contributed by atoms with Gasteiger partial charge in [-0.05, 0) is 24.6 Å². The Morgan fingerprint density at radius 1 is 1.37 bits per heavy atom. The van der Waals surface area contributed by atoms with Crippen LogP contribution in [0.3, 0.4) is 0 Å². The van der Waals surface area contributed by atoms with Gasteiger partial charge >= 0.3 is 0 Å². The molecule has 2 N–H and O–H groups in total. The molecule has 1 heterocycles. The Hall–Kier alpha value is -2.14. The van der Waals surface area contributed by atoms with E-state index in [0.717, 1.165) is 0 Å². The highest BCUT2D eigenvalue weighted by molar-refractivity contribution is 5.94. The van der Waals surface area contributed by atoms with Gasteiger partial charge in [-0.2, -0.15) is 0 Å². The summed E-state index contributed by atoms with van der Waals surface area (Å²) in [5.74, 6) is -1.05. The predicted molar refractivity (Wildman–Crippen MR) is 67.0 cm³/mol. The molecule has 100 valence electrons. The largest absolute Gasteiger partial charge is 0.472 e. The van der Waals surface area contributed by atoms with Gasteiger partial charge in [-0.1, -0.05) is 12.1 Å². The predicted octanol–water partition coefficient (Wildman–Crippen LogP) is 2.27. The fourth-order valence-corrected chi connectivity index (χ4v) is 1.69. The highest BCUT2D eigenvalue weighted by atomic mass is 19.1. The van der Waals surface area contributed by atoms with E-state index in [1.807, 2.05) is 0 Å². The van der Waals surface area contributed by atoms with Crippen LogP contribution in [0.2, 0.25) is 0 Å². The molecule has 1 amide bonds. The SMILES string of the molecule is O=C(NCCC(O)c1ccoc1)c1ccccc1F. The third-order valence-electron chi connectivity index (χ3n) is 2.75. The minimum Gasteiger partial charge on any atom is -0.472 e. The fraction of sp³-hybridized carbons (Fsp3) is 0.214. The lowest BCUT2D eigenvalue weighted by molar-refractivity contribution is 0.0938. The molecule has 2 rings (SSSR count). The summed E-state index contributed by atoms with van der Waals surface area (Å²) in [6, 6.07) is 7.42. The number of benzene rings is 1. The van der Waals surface area contributed by atoms with Gasteiger partial charge in [-0.15, -0.1) is 0 Å². The summed E-state index contributed by atoms with van der Waals surface area (Å²) in [5, 5.41) is 12.3. The van der Waals surface area contributed by atoms with E-state index in [9.17, 15) is 14.3 Å². The summed E-state index contributed by atoms with van der Waals surface area (Å²) < 4.78 is 18.2. The Balaban J connectivity index is 1.83. The van der Waals surface area contributed by atoms with Crippen LogP contribution < -0.4 is 5.32 Å². The minimum absolute atomic E-state index is 0.000279. The van der Waals surface area contributed by atoms with Crippen LogP contribution in [0.4, 0.5) is 4.39 Å². The average Bonchev–Trinajstić information content (AvgIpc) is 2.93. The molecule has 4 nitrogen and oxygen atoms in total. The van der Waals surface area contributed by atoms with Gasteiger partial charge in [-0.3, -0.25) is 4.79 Å². The van der Waals surface area contributed by atoms with Crippen molar-refractivity contribution in [3.05, 3.63) is 59.8 Å². The molecule has 1 aromatic carbocycles. The van der Waals surface area contributed by atoms with Crippen molar-refractivity contribution in [2.75, 3.05) is 6.54 Å². The van der Waals surface area contributed by atoms with Crippen LogP contribution in [0.25, 0.3) is 0 Å². The second-order valence-electron chi connectivity index (χ2n) is 4.10. The summed E-state index contributed by atoms with van der Waals surface area (Å²) in [6.07, 6.45) is 2.54. The second-order valence-corrected chi connectivity index (χ2v) is 4.10. The Morgan fingerprint density at radius 2 is 2.16 bits per heavy atom. The number of halogens is 1. The molecule has 2 aromatic rings. The Bertz CT molecular complexity index is 539. The standard InChI is InChI=1S/C14H14FNO3/c15-12-4-2-1-3-11(12)14(18)16-7-5-13(17)10-6-8-19-9-10/h1-4,6,8-9,13,17H,5,7H2,(H,16,18). The lowest BCUT2D eigenvalue weighted by Gasteiger charge is -2.09. The average molecular weight is 263 g/mol. The summed E-state index contributed by atoms with van der Waals surface area (Å²) in [4.78, 5) is 11.7. The van der Waals surface area contributed by atoms with Crippen LogP contribution in [0.5, 0.6) is 0 Å². The molecule has 0 saturated carbocycles. The maximum atomic E-state index is 13.3. The quantitative estimate of drug-likeness (QED) is 0.869. The first kappa shape index (κ1) is 13.3. The van der Waals surface area contributed by atoms with E-state index >= 15 is 0 Å². The summed E-state index contributed by atoms with van der Waals surface area (Å²) in [5.41, 5.74) is 0.653. The van der Waals surface area contributed by atoms with Crippen molar-refractivity contribution in [1.82, 2.24) is 5.32 Å². The normalized spacial score (nSPS) is 12.1. The molecule has 0 spiro atoms. The molecule has 0 aliphatic carbocycles. The van der Waals surface area contributed by atoms with E-state index in [1.165, 1.54) is 30.7 Å². The molecule has 0 aliphatic heterocycles. The summed E-state index contributed by atoms with van der Waals surface area (Å²) in [6.45, 7) is 0.250. The van der Waals surface area contributed by atoms with Gasteiger partial charge in [0.15, 0.2) is 0 Å². The molecule has 19 heavy (non-hydrogen) atoms. The number of carbonyl (C=O) groups excluding carboxylic acids is 1. The lowest BCUT2D eigenvalue weighted by Crippen LogP contribution is -2.26. The van der Waals surface area contributed by atoms with Crippen LogP contribution in [-0.4, -0.2) is 17.6 Å². The molecular formula is C14H14FNO3. The zero-order valence-corrected chi connectivity index (χ0v) is 10.2. The molecule has 1 aromatic heterocycles. The van der Waals surface area contributed by atoms with Crippen LogP contribution in [0.1, 0.15) is 28.4 Å². The lowest BCUT2D eigenvalue weighted by atomic mass is 10.1. The van der Waals surface area contributed by atoms with Crippen molar-refractivity contribution in [2.45, 2.75) is 12.5 Å². The first-order chi connectivity index (χ1) is 9.18. The Labute approximate surface area is 109 Å². The maximum absolute atomic E-state index is 13.3. The first-order valence-corrected chi connectivity index (χ1v) is 5.91. The van der Waals surface area contributed by atoms with Gasteiger partial charge in [0.25, 0.3) is 5.91 Å². The number of aliphatic hydroxyl groups excluding tert-OH is 1. The molecule has 0 fully saturated rings. The minimum atomic E-state index is -0.709. The number of amides is 1. The molecule has 0 saturated heterocycles. The maximum Gasteiger partial charge on any atom is 0.254 e. The van der Waals surface area contributed by atoms with Crippen LogP contribution in [-0.2, 0) is 0 Å². The van der Waals surface area contributed by atoms with E-state index in [0.29, 0.717) is 12.0 Å². The highest BCUT2D eigenvalue weighted by Crippen LogP contribution is 2.16. The molecule has 0 radical (unpaired) electrons. The van der Waals surface area contributed by atoms with Crippen molar-refractivity contribution >= 4 is 5.91 Å². The van der Waals surface area contributed by atoms with Gasteiger partial charge in [0.1, 0.15) is 5.82 Å². The number of rotatable bonds is 5. The topological polar surface area (TPSA) is 62.5 Å². The summed E-state index contributed by atoms with van der Waals surface area (Å²) >= 11 is 0. The molecule has 0 aliphatic rings. The number of furan rings is 1. The highest BCUT2D eigenvalue weighted by Gasteiger charge is 2.12. The zero-order valence-electron chi connectivity index (χ0n) is 10.2. The molecule has 5 heteroatoms. The first-order valence-electron chi connectivity index (χ1n) is 5.91. The van der Waals surface area contributed by atoms with E-state index in [4.69, 9.17) is 4.42 Å². The van der Waals surface area contributed by atoms with Gasteiger partial charge in [0, 0.05) is 12.1 Å². The Kier molecular flexibility index (Phi) is 4.30. The Morgan fingerprint density at radius 3 is 2.84 bits per heavy atom. The van der Waals surface area contributed by atoms with Crippen LogP contribution in [0.15, 0.2) is 47.3 Å². The van der Waals surface area contributed by atoms with Gasteiger partial charge in [0.2, 0.25) is 0 Å². The third kappa shape index (κ3) is 3.42. The molecular weight excluding hydrogens is 249 g/mol. The summed E-state index contributed by atoms with van der Waals surface area (Å²) in [7, 11) is 0. The van der Waals surface area contributed by atoms with Crippen LogP contribution >= 0.6 is 0 Å². The van der Waals surface area contributed by atoms with Crippen molar-refractivity contribution in [3.8, 4) is 0 Å².